The van der Waals surface area contributed by atoms with Gasteiger partial charge in [-0.05, 0) is 38.4 Å². The van der Waals surface area contributed by atoms with Crippen molar-refractivity contribution in [1.82, 2.24) is 15.3 Å². The Morgan fingerprint density at radius 1 is 1.37 bits per heavy atom. The summed E-state index contributed by atoms with van der Waals surface area (Å²) in [5.74, 6) is 1.24. The molecule has 0 spiro atoms. The molecule has 1 saturated heterocycles. The molecule has 1 unspecified atom stereocenters. The number of nitrogens with one attached hydrogen (secondary N) is 2. The molecule has 4 heteroatoms. The summed E-state index contributed by atoms with van der Waals surface area (Å²) in [5.41, 5.74) is 2.70. The molecule has 1 aromatic heterocycles. The lowest BCUT2D eigenvalue weighted by Crippen LogP contribution is -2.28. The van der Waals surface area contributed by atoms with Crippen molar-refractivity contribution in [3.05, 3.63) is 41.6 Å². The van der Waals surface area contributed by atoms with E-state index in [1.807, 2.05) is 13.0 Å². The molecule has 100 valence electrons. The summed E-state index contributed by atoms with van der Waals surface area (Å²) in [6, 6.07) is 6.61. The highest BCUT2D eigenvalue weighted by Gasteiger charge is 2.20. The monoisotopic (exact) mass is 259 g/mol. The summed E-state index contributed by atoms with van der Waals surface area (Å²) >= 11 is 0. The van der Waals surface area contributed by atoms with E-state index in [1.54, 1.807) is 6.07 Å². The first-order chi connectivity index (χ1) is 9.24. The van der Waals surface area contributed by atoms with Gasteiger partial charge in [-0.15, -0.1) is 0 Å². The van der Waals surface area contributed by atoms with Gasteiger partial charge in [0, 0.05) is 23.7 Å². The molecule has 2 N–H and O–H groups in total. The van der Waals surface area contributed by atoms with Gasteiger partial charge in [-0.2, -0.15) is 0 Å². The highest BCUT2D eigenvalue weighted by atomic mass is 19.1. The predicted molar refractivity (Wildman–Crippen MR) is 73.6 cm³/mol. The van der Waals surface area contributed by atoms with Crippen LogP contribution in [0.15, 0.2) is 24.3 Å². The number of H-pyrrole nitrogens is 1. The highest BCUT2D eigenvalue weighted by Crippen LogP contribution is 2.27. The predicted octanol–water partition coefficient (Wildman–Crippen LogP) is 2.99. The number of halogens is 1. The Hall–Kier alpha value is -1.68. The normalized spacial score (nSPS) is 19.6. The number of hydrogen-bond acceptors (Lipinski definition) is 2. The second kappa shape index (κ2) is 5.13. The first-order valence-corrected chi connectivity index (χ1v) is 6.77. The van der Waals surface area contributed by atoms with Crippen molar-refractivity contribution in [2.24, 2.45) is 0 Å². The number of piperidine rings is 1. The Kier molecular flexibility index (Phi) is 3.34. The molecule has 2 aromatic rings. The third-order valence-corrected chi connectivity index (χ3v) is 3.68. The molecule has 0 saturated carbocycles. The van der Waals surface area contributed by atoms with Gasteiger partial charge in [0.05, 0.1) is 5.69 Å². The number of rotatable bonds is 2. The molecule has 1 aliphatic heterocycles. The Bertz CT molecular complexity index is 571. The van der Waals surface area contributed by atoms with E-state index in [1.165, 1.54) is 18.6 Å². The van der Waals surface area contributed by atoms with E-state index in [0.717, 1.165) is 42.3 Å². The van der Waals surface area contributed by atoms with E-state index < -0.39 is 0 Å². The van der Waals surface area contributed by atoms with Gasteiger partial charge in [0.2, 0.25) is 0 Å². The van der Waals surface area contributed by atoms with E-state index in [0.29, 0.717) is 5.92 Å². The topological polar surface area (TPSA) is 40.7 Å². The Morgan fingerprint density at radius 3 is 3.00 bits per heavy atom. The van der Waals surface area contributed by atoms with Gasteiger partial charge in [-0.25, -0.2) is 9.37 Å². The van der Waals surface area contributed by atoms with Crippen LogP contribution in [0.1, 0.15) is 30.3 Å². The summed E-state index contributed by atoms with van der Waals surface area (Å²) in [7, 11) is 0. The number of hydrogen-bond donors (Lipinski definition) is 2. The fourth-order valence-electron chi connectivity index (χ4n) is 2.68. The summed E-state index contributed by atoms with van der Waals surface area (Å²) in [6.45, 7) is 4.05. The fraction of sp³-hybridized carbons (Fsp3) is 0.400. The number of aromatic nitrogens is 2. The maximum atomic E-state index is 13.3. The molecule has 1 fully saturated rings. The lowest BCUT2D eigenvalue weighted by Gasteiger charge is -2.20. The summed E-state index contributed by atoms with van der Waals surface area (Å²) < 4.78 is 13.3. The lowest BCUT2D eigenvalue weighted by atomic mass is 9.99. The summed E-state index contributed by atoms with van der Waals surface area (Å²) in [4.78, 5) is 8.04. The van der Waals surface area contributed by atoms with E-state index in [-0.39, 0.29) is 5.82 Å². The molecule has 0 bridgehead atoms. The number of aromatic amines is 1. The van der Waals surface area contributed by atoms with Crippen molar-refractivity contribution in [1.29, 1.82) is 0 Å². The van der Waals surface area contributed by atoms with Gasteiger partial charge in [0.25, 0.3) is 0 Å². The minimum Gasteiger partial charge on any atom is -0.345 e. The van der Waals surface area contributed by atoms with Crippen molar-refractivity contribution in [3.63, 3.8) is 0 Å². The zero-order chi connectivity index (χ0) is 13.2. The fourth-order valence-corrected chi connectivity index (χ4v) is 2.68. The molecule has 1 aliphatic rings. The van der Waals surface area contributed by atoms with Crippen LogP contribution < -0.4 is 5.32 Å². The minimum atomic E-state index is -0.221. The van der Waals surface area contributed by atoms with Crippen molar-refractivity contribution in [2.75, 3.05) is 13.1 Å². The maximum absolute atomic E-state index is 13.3. The number of imidazole rings is 1. The summed E-state index contributed by atoms with van der Waals surface area (Å²) in [5, 5.41) is 3.39. The Morgan fingerprint density at radius 2 is 2.26 bits per heavy atom. The van der Waals surface area contributed by atoms with Crippen molar-refractivity contribution >= 4 is 0 Å². The molecular formula is C15H18FN3. The zero-order valence-corrected chi connectivity index (χ0v) is 11.0. The van der Waals surface area contributed by atoms with Crippen LogP contribution in [0.25, 0.3) is 11.3 Å². The average molecular weight is 259 g/mol. The van der Waals surface area contributed by atoms with E-state index in [4.69, 9.17) is 0 Å². The number of nitrogens with zero attached hydrogens (tertiary/aromatic N) is 1. The average Bonchev–Trinajstić information content (AvgIpc) is 2.82. The second-order valence-corrected chi connectivity index (χ2v) is 5.15. The van der Waals surface area contributed by atoms with Crippen LogP contribution in [0.2, 0.25) is 0 Å². The Labute approximate surface area is 112 Å². The molecule has 0 amide bonds. The Balaban J connectivity index is 1.92. The molecule has 2 heterocycles. The van der Waals surface area contributed by atoms with Crippen LogP contribution in [-0.4, -0.2) is 23.1 Å². The number of aryl methyl sites for hydroxylation is 1. The molecule has 3 rings (SSSR count). The standard InChI is InChI=1S/C15H18FN3/c1-10-14(11-4-2-6-13(16)8-11)19-15(18-10)12-5-3-7-17-9-12/h2,4,6,8,12,17H,3,5,7,9H2,1H3,(H,18,19). The van der Waals surface area contributed by atoms with Gasteiger partial charge in [-0.1, -0.05) is 12.1 Å². The van der Waals surface area contributed by atoms with Crippen molar-refractivity contribution < 1.29 is 4.39 Å². The molecule has 19 heavy (non-hydrogen) atoms. The van der Waals surface area contributed by atoms with Crippen molar-refractivity contribution in [2.45, 2.75) is 25.7 Å². The van der Waals surface area contributed by atoms with Crippen molar-refractivity contribution in [3.8, 4) is 11.3 Å². The van der Waals surface area contributed by atoms with Gasteiger partial charge < -0.3 is 10.3 Å². The molecule has 3 nitrogen and oxygen atoms in total. The second-order valence-electron chi connectivity index (χ2n) is 5.15. The largest absolute Gasteiger partial charge is 0.345 e. The van der Waals surface area contributed by atoms with Crippen LogP contribution in [0, 0.1) is 12.7 Å². The van der Waals surface area contributed by atoms with Gasteiger partial charge >= 0.3 is 0 Å². The highest BCUT2D eigenvalue weighted by molar-refractivity contribution is 5.62. The van der Waals surface area contributed by atoms with Crippen LogP contribution >= 0.6 is 0 Å². The smallest absolute Gasteiger partial charge is 0.123 e. The molecule has 0 aliphatic carbocycles. The lowest BCUT2D eigenvalue weighted by molar-refractivity contribution is 0.448. The van der Waals surface area contributed by atoms with E-state index in [2.05, 4.69) is 15.3 Å². The first kappa shape index (κ1) is 12.4. The van der Waals surface area contributed by atoms with Crippen LogP contribution in [0.5, 0.6) is 0 Å². The third-order valence-electron chi connectivity index (χ3n) is 3.68. The van der Waals surface area contributed by atoms with E-state index >= 15 is 0 Å². The van der Waals surface area contributed by atoms with Crippen LogP contribution in [0.3, 0.4) is 0 Å². The third kappa shape index (κ3) is 2.54. The van der Waals surface area contributed by atoms with Gasteiger partial charge in [-0.3, -0.25) is 0 Å². The minimum absolute atomic E-state index is 0.221. The summed E-state index contributed by atoms with van der Waals surface area (Å²) in [6.07, 6.45) is 2.34. The maximum Gasteiger partial charge on any atom is 0.123 e. The SMILES string of the molecule is Cc1[nH]c(C2CCCNC2)nc1-c1cccc(F)c1. The first-order valence-electron chi connectivity index (χ1n) is 6.77. The zero-order valence-electron chi connectivity index (χ0n) is 11.0. The molecule has 0 radical (unpaired) electrons. The van der Waals surface area contributed by atoms with Gasteiger partial charge in [0.15, 0.2) is 0 Å². The molecule has 1 atom stereocenters. The quantitative estimate of drug-likeness (QED) is 0.870. The van der Waals surface area contributed by atoms with E-state index in [9.17, 15) is 4.39 Å². The molecular weight excluding hydrogens is 241 g/mol. The molecule has 1 aromatic carbocycles. The van der Waals surface area contributed by atoms with Crippen LogP contribution in [-0.2, 0) is 0 Å². The van der Waals surface area contributed by atoms with Crippen LogP contribution in [0.4, 0.5) is 4.39 Å². The van der Waals surface area contributed by atoms with Gasteiger partial charge in [0.1, 0.15) is 11.6 Å². The number of benzene rings is 1.